The van der Waals surface area contributed by atoms with Gasteiger partial charge >= 0.3 is 0 Å². The van der Waals surface area contributed by atoms with E-state index in [0.29, 0.717) is 20.8 Å². The van der Waals surface area contributed by atoms with E-state index < -0.39 is 0 Å². The van der Waals surface area contributed by atoms with Gasteiger partial charge in [0.1, 0.15) is 5.01 Å². The summed E-state index contributed by atoms with van der Waals surface area (Å²) in [7, 11) is 0. The number of halogens is 3. The molecular formula is C13H7Cl3N2S. The molecule has 2 N–H and O–H groups in total. The minimum Gasteiger partial charge on any atom is -0.396 e. The fourth-order valence-electron chi connectivity index (χ4n) is 1.73. The molecule has 0 aliphatic heterocycles. The predicted molar refractivity (Wildman–Crippen MR) is 84.5 cm³/mol. The summed E-state index contributed by atoms with van der Waals surface area (Å²) in [5, 5.41) is 2.36. The minimum absolute atomic E-state index is 0.385. The average Bonchev–Trinajstić information content (AvgIpc) is 2.78. The molecule has 0 atom stereocenters. The Bertz CT molecular complexity index is 760. The van der Waals surface area contributed by atoms with Crippen LogP contribution in [0.1, 0.15) is 0 Å². The zero-order valence-electron chi connectivity index (χ0n) is 9.45. The lowest BCUT2D eigenvalue weighted by Gasteiger charge is -2.03. The Hall–Kier alpha value is -1.00. The molecule has 0 saturated heterocycles. The molecular weight excluding hydrogens is 323 g/mol. The van der Waals surface area contributed by atoms with Crippen LogP contribution in [0.2, 0.25) is 15.1 Å². The molecule has 1 heterocycles. The summed E-state index contributed by atoms with van der Waals surface area (Å²) in [6.07, 6.45) is 0. The summed E-state index contributed by atoms with van der Waals surface area (Å²) in [5.41, 5.74) is 7.82. The third-order valence-electron chi connectivity index (χ3n) is 2.68. The fraction of sp³-hybridized carbons (Fsp3) is 0. The predicted octanol–water partition coefficient (Wildman–Crippen LogP) is 5.51. The molecule has 3 aromatic rings. The highest BCUT2D eigenvalue weighted by Gasteiger charge is 2.11. The van der Waals surface area contributed by atoms with Crippen molar-refractivity contribution in [1.82, 2.24) is 4.98 Å². The molecule has 0 bridgehead atoms. The molecule has 0 unspecified atom stereocenters. The Kier molecular flexibility index (Phi) is 3.31. The molecule has 1 aromatic heterocycles. The summed E-state index contributed by atoms with van der Waals surface area (Å²) in [5.74, 6) is 0. The number of fused-ring (bicyclic) bond motifs is 1. The fourth-order valence-corrected chi connectivity index (χ4v) is 3.32. The van der Waals surface area contributed by atoms with Crippen LogP contribution in [0.4, 0.5) is 5.69 Å². The van der Waals surface area contributed by atoms with E-state index in [2.05, 4.69) is 4.98 Å². The highest BCUT2D eigenvalue weighted by Crippen LogP contribution is 2.37. The lowest BCUT2D eigenvalue weighted by molar-refractivity contribution is 1.48. The van der Waals surface area contributed by atoms with Gasteiger partial charge in [-0.25, -0.2) is 4.98 Å². The lowest BCUT2D eigenvalue weighted by Crippen LogP contribution is -1.88. The first kappa shape index (κ1) is 13.0. The Labute approximate surface area is 128 Å². The smallest absolute Gasteiger partial charge is 0.124 e. The molecule has 3 rings (SSSR count). The van der Waals surface area contributed by atoms with Gasteiger partial charge in [-0.15, -0.1) is 11.3 Å². The normalized spacial score (nSPS) is 11.1. The van der Waals surface area contributed by atoms with Crippen molar-refractivity contribution in [3.05, 3.63) is 45.4 Å². The lowest BCUT2D eigenvalue weighted by atomic mass is 10.2. The van der Waals surface area contributed by atoms with Gasteiger partial charge < -0.3 is 5.73 Å². The molecule has 2 aromatic carbocycles. The van der Waals surface area contributed by atoms with Crippen LogP contribution in [0.25, 0.3) is 20.8 Å². The molecule has 0 radical (unpaired) electrons. The van der Waals surface area contributed by atoms with Crippen molar-refractivity contribution in [2.24, 2.45) is 0 Å². The topological polar surface area (TPSA) is 38.9 Å². The summed E-state index contributed by atoms with van der Waals surface area (Å²) in [6, 6.07) is 9.15. The van der Waals surface area contributed by atoms with E-state index in [0.717, 1.165) is 20.8 Å². The van der Waals surface area contributed by atoms with E-state index in [1.165, 1.54) is 0 Å². The van der Waals surface area contributed by atoms with E-state index in [4.69, 9.17) is 40.5 Å². The molecule has 96 valence electrons. The van der Waals surface area contributed by atoms with Crippen LogP contribution in [0, 0.1) is 0 Å². The number of nitrogens with zero attached hydrogens (tertiary/aromatic N) is 1. The second kappa shape index (κ2) is 4.84. The van der Waals surface area contributed by atoms with Crippen LogP contribution in [0.5, 0.6) is 0 Å². The number of anilines is 1. The van der Waals surface area contributed by atoms with Gasteiger partial charge in [0.2, 0.25) is 0 Å². The third kappa shape index (κ3) is 2.39. The Morgan fingerprint density at radius 3 is 2.37 bits per heavy atom. The van der Waals surface area contributed by atoms with Crippen LogP contribution in [-0.2, 0) is 0 Å². The number of aromatic nitrogens is 1. The number of nitrogen functional groups attached to an aromatic ring is 1. The van der Waals surface area contributed by atoms with E-state index in [-0.39, 0.29) is 0 Å². The van der Waals surface area contributed by atoms with Gasteiger partial charge in [-0.05, 0) is 30.3 Å². The van der Waals surface area contributed by atoms with E-state index in [1.807, 2.05) is 18.2 Å². The molecule has 2 nitrogen and oxygen atoms in total. The zero-order valence-corrected chi connectivity index (χ0v) is 12.5. The Balaban J connectivity index is 2.19. The van der Waals surface area contributed by atoms with Gasteiger partial charge in [-0.1, -0.05) is 34.8 Å². The quantitative estimate of drug-likeness (QED) is 0.598. The van der Waals surface area contributed by atoms with E-state index >= 15 is 0 Å². The number of nitrogens with two attached hydrogens (primary N) is 1. The number of rotatable bonds is 1. The summed E-state index contributed by atoms with van der Waals surface area (Å²) in [4.78, 5) is 4.53. The highest BCUT2D eigenvalue weighted by molar-refractivity contribution is 7.21. The first-order valence-electron chi connectivity index (χ1n) is 5.35. The number of thiazole rings is 1. The van der Waals surface area contributed by atoms with Crippen molar-refractivity contribution >= 4 is 62.0 Å². The van der Waals surface area contributed by atoms with Gasteiger partial charge in [0.25, 0.3) is 0 Å². The molecule has 0 amide bonds. The molecule has 6 heteroatoms. The SMILES string of the molecule is Nc1c(Cl)cc(-c2nc3cc(Cl)ccc3s2)cc1Cl. The third-order valence-corrected chi connectivity index (χ3v) is 4.62. The monoisotopic (exact) mass is 328 g/mol. The van der Waals surface area contributed by atoms with Crippen molar-refractivity contribution in [2.75, 3.05) is 5.73 Å². The first-order valence-corrected chi connectivity index (χ1v) is 7.30. The van der Waals surface area contributed by atoms with Gasteiger partial charge in [0.15, 0.2) is 0 Å². The molecule has 0 saturated carbocycles. The number of hydrogen-bond donors (Lipinski definition) is 1. The molecule has 0 spiro atoms. The van der Waals surface area contributed by atoms with Gasteiger partial charge in [-0.2, -0.15) is 0 Å². The standard InChI is InChI=1S/C13H7Cl3N2S/c14-7-1-2-11-10(5-7)18-13(19-11)6-3-8(15)12(17)9(16)4-6/h1-5H,17H2. The van der Waals surface area contributed by atoms with Crippen molar-refractivity contribution < 1.29 is 0 Å². The summed E-state index contributed by atoms with van der Waals surface area (Å²) in [6.45, 7) is 0. The van der Waals surface area contributed by atoms with Crippen LogP contribution < -0.4 is 5.73 Å². The maximum atomic E-state index is 6.04. The second-order valence-corrected chi connectivity index (χ2v) is 6.27. The van der Waals surface area contributed by atoms with Gasteiger partial charge in [0, 0.05) is 10.6 Å². The zero-order chi connectivity index (χ0) is 13.6. The molecule has 0 aliphatic carbocycles. The second-order valence-electron chi connectivity index (χ2n) is 3.98. The van der Waals surface area contributed by atoms with Crippen molar-refractivity contribution in [1.29, 1.82) is 0 Å². The highest BCUT2D eigenvalue weighted by atomic mass is 35.5. The van der Waals surface area contributed by atoms with Gasteiger partial charge in [-0.3, -0.25) is 0 Å². The van der Waals surface area contributed by atoms with Crippen molar-refractivity contribution in [3.8, 4) is 10.6 Å². The van der Waals surface area contributed by atoms with Crippen LogP contribution in [0.15, 0.2) is 30.3 Å². The van der Waals surface area contributed by atoms with Crippen LogP contribution in [0.3, 0.4) is 0 Å². The van der Waals surface area contributed by atoms with Gasteiger partial charge in [0.05, 0.1) is 25.9 Å². The van der Waals surface area contributed by atoms with E-state index in [9.17, 15) is 0 Å². The number of benzene rings is 2. The number of hydrogen-bond acceptors (Lipinski definition) is 3. The summed E-state index contributed by atoms with van der Waals surface area (Å²) < 4.78 is 1.06. The Morgan fingerprint density at radius 1 is 1.00 bits per heavy atom. The molecule has 19 heavy (non-hydrogen) atoms. The van der Waals surface area contributed by atoms with Crippen LogP contribution in [-0.4, -0.2) is 4.98 Å². The van der Waals surface area contributed by atoms with Crippen LogP contribution >= 0.6 is 46.1 Å². The maximum absolute atomic E-state index is 6.04. The minimum atomic E-state index is 0.385. The van der Waals surface area contributed by atoms with Crippen molar-refractivity contribution in [2.45, 2.75) is 0 Å². The van der Waals surface area contributed by atoms with Crippen molar-refractivity contribution in [3.63, 3.8) is 0 Å². The molecule has 0 fully saturated rings. The summed E-state index contributed by atoms with van der Waals surface area (Å²) >= 11 is 19.6. The average molecular weight is 330 g/mol. The largest absolute Gasteiger partial charge is 0.396 e. The maximum Gasteiger partial charge on any atom is 0.124 e. The van der Waals surface area contributed by atoms with E-state index in [1.54, 1.807) is 23.5 Å². The Morgan fingerprint density at radius 2 is 1.68 bits per heavy atom. The first-order chi connectivity index (χ1) is 9.04. The molecule has 0 aliphatic rings.